The molecule has 17 heavy (non-hydrogen) atoms. The smallest absolute Gasteiger partial charge is 0.133 e. The monoisotopic (exact) mass is 246 g/mol. The van der Waals surface area contributed by atoms with E-state index in [-0.39, 0.29) is 0 Å². The maximum atomic E-state index is 6.24. The Morgan fingerprint density at radius 3 is 3.06 bits per heavy atom. The first-order valence-corrected chi connectivity index (χ1v) is 6.48. The van der Waals surface area contributed by atoms with Gasteiger partial charge < -0.3 is 5.32 Å². The lowest BCUT2D eigenvalue weighted by molar-refractivity contribution is 0.602. The molecule has 0 amide bonds. The highest BCUT2D eigenvalue weighted by molar-refractivity contribution is 6.30. The first-order valence-electron chi connectivity index (χ1n) is 6.10. The number of nitrogens with zero attached hydrogens (tertiary/aromatic N) is 1. The molecular formula is C14H15ClN2. The molecule has 0 bridgehead atoms. The van der Waals surface area contributed by atoms with E-state index in [1.807, 2.05) is 18.2 Å². The van der Waals surface area contributed by atoms with Crippen LogP contribution in [0, 0.1) is 0 Å². The fourth-order valence-corrected chi connectivity index (χ4v) is 2.70. The summed E-state index contributed by atoms with van der Waals surface area (Å²) in [5, 5.41) is 5.32. The zero-order valence-electron chi connectivity index (χ0n) is 9.62. The highest BCUT2D eigenvalue weighted by atomic mass is 35.5. The van der Waals surface area contributed by atoms with Gasteiger partial charge in [-0.15, -0.1) is 0 Å². The minimum absolute atomic E-state index is 0.565. The normalized spacial score (nSPS) is 19.9. The van der Waals surface area contributed by atoms with Gasteiger partial charge in [0.05, 0.1) is 5.52 Å². The number of benzene rings is 1. The molecule has 1 saturated heterocycles. The summed E-state index contributed by atoms with van der Waals surface area (Å²) in [5.74, 6) is 0. The molecule has 1 aliphatic heterocycles. The first kappa shape index (κ1) is 11.0. The second-order valence-electron chi connectivity index (χ2n) is 4.63. The van der Waals surface area contributed by atoms with Crippen molar-refractivity contribution in [2.75, 3.05) is 6.54 Å². The van der Waals surface area contributed by atoms with Crippen LogP contribution in [0.2, 0.25) is 5.15 Å². The van der Waals surface area contributed by atoms with Crippen LogP contribution in [0.15, 0.2) is 30.3 Å². The molecule has 1 fully saturated rings. The second-order valence-corrected chi connectivity index (χ2v) is 4.99. The zero-order valence-corrected chi connectivity index (χ0v) is 10.4. The molecule has 0 aliphatic carbocycles. The molecule has 2 heterocycles. The van der Waals surface area contributed by atoms with Crippen LogP contribution in [0.3, 0.4) is 0 Å². The summed E-state index contributed by atoms with van der Waals surface area (Å²) in [4.78, 5) is 4.46. The van der Waals surface area contributed by atoms with E-state index in [2.05, 4.69) is 22.4 Å². The van der Waals surface area contributed by atoms with E-state index >= 15 is 0 Å². The van der Waals surface area contributed by atoms with Gasteiger partial charge in [0.25, 0.3) is 0 Å². The van der Waals surface area contributed by atoms with Gasteiger partial charge in [0.2, 0.25) is 0 Å². The highest BCUT2D eigenvalue weighted by Crippen LogP contribution is 2.23. The van der Waals surface area contributed by atoms with E-state index in [1.54, 1.807) is 0 Å². The van der Waals surface area contributed by atoms with Gasteiger partial charge in [0.15, 0.2) is 0 Å². The molecule has 0 radical (unpaired) electrons. The van der Waals surface area contributed by atoms with Gasteiger partial charge in [-0.25, -0.2) is 4.98 Å². The van der Waals surface area contributed by atoms with Crippen LogP contribution in [0.25, 0.3) is 10.9 Å². The minimum Gasteiger partial charge on any atom is -0.314 e. The van der Waals surface area contributed by atoms with Gasteiger partial charge >= 0.3 is 0 Å². The molecule has 88 valence electrons. The number of halogens is 1. The molecule has 1 unspecified atom stereocenters. The summed E-state index contributed by atoms with van der Waals surface area (Å²) in [7, 11) is 0. The van der Waals surface area contributed by atoms with Crippen LogP contribution >= 0.6 is 11.6 Å². The predicted octanol–water partition coefficient (Wildman–Crippen LogP) is 3.18. The average Bonchev–Trinajstić information content (AvgIpc) is 2.83. The van der Waals surface area contributed by atoms with Crippen molar-refractivity contribution in [2.24, 2.45) is 0 Å². The minimum atomic E-state index is 0.565. The molecule has 2 nitrogen and oxygen atoms in total. The standard InChI is InChI=1S/C14H15ClN2/c15-14-11(9-12-5-3-7-16-12)8-10-4-1-2-6-13(10)17-14/h1-2,4,6,8,12,16H,3,5,7,9H2. The lowest BCUT2D eigenvalue weighted by Crippen LogP contribution is -2.23. The first-order chi connectivity index (χ1) is 8.33. The molecule has 2 aromatic rings. The van der Waals surface area contributed by atoms with Crippen molar-refractivity contribution in [3.8, 4) is 0 Å². The van der Waals surface area contributed by atoms with Crippen LogP contribution in [-0.4, -0.2) is 17.6 Å². The topological polar surface area (TPSA) is 24.9 Å². The maximum Gasteiger partial charge on any atom is 0.133 e. The Labute approximate surface area is 106 Å². The Bertz CT molecular complexity index is 533. The third-order valence-electron chi connectivity index (χ3n) is 3.38. The van der Waals surface area contributed by atoms with Gasteiger partial charge in [-0.3, -0.25) is 0 Å². The molecule has 1 atom stereocenters. The quantitative estimate of drug-likeness (QED) is 0.824. The summed E-state index contributed by atoms with van der Waals surface area (Å²) in [6.07, 6.45) is 3.49. The SMILES string of the molecule is Clc1nc2ccccc2cc1CC1CCCN1. The fraction of sp³-hybridized carbons (Fsp3) is 0.357. The van der Waals surface area contributed by atoms with Crippen molar-refractivity contribution in [1.82, 2.24) is 10.3 Å². The number of hydrogen-bond donors (Lipinski definition) is 1. The Balaban J connectivity index is 1.95. The number of nitrogens with one attached hydrogen (secondary N) is 1. The molecular weight excluding hydrogens is 232 g/mol. The molecule has 1 N–H and O–H groups in total. The Morgan fingerprint density at radius 2 is 2.24 bits per heavy atom. The van der Waals surface area contributed by atoms with Crippen molar-refractivity contribution in [3.05, 3.63) is 41.0 Å². The summed E-state index contributed by atoms with van der Waals surface area (Å²) in [6.45, 7) is 1.13. The third kappa shape index (κ3) is 2.28. The number of rotatable bonds is 2. The molecule has 3 rings (SSSR count). The van der Waals surface area contributed by atoms with Crippen LogP contribution in [0.4, 0.5) is 0 Å². The van der Waals surface area contributed by atoms with Crippen molar-refractivity contribution < 1.29 is 0 Å². The number of hydrogen-bond acceptors (Lipinski definition) is 2. The van der Waals surface area contributed by atoms with Crippen LogP contribution < -0.4 is 5.32 Å². The van der Waals surface area contributed by atoms with Gasteiger partial charge in [-0.05, 0) is 43.5 Å². The Hall–Kier alpha value is -1.12. The molecule has 0 saturated carbocycles. The lowest BCUT2D eigenvalue weighted by Gasteiger charge is -2.11. The predicted molar refractivity (Wildman–Crippen MR) is 71.5 cm³/mol. The summed E-state index contributed by atoms with van der Waals surface area (Å²) in [5.41, 5.74) is 2.13. The largest absolute Gasteiger partial charge is 0.314 e. The summed E-state index contributed by atoms with van der Waals surface area (Å²) < 4.78 is 0. The fourth-order valence-electron chi connectivity index (χ4n) is 2.48. The van der Waals surface area contributed by atoms with Crippen molar-refractivity contribution in [3.63, 3.8) is 0 Å². The highest BCUT2D eigenvalue weighted by Gasteiger charge is 2.16. The average molecular weight is 247 g/mol. The second kappa shape index (κ2) is 4.63. The summed E-state index contributed by atoms with van der Waals surface area (Å²) >= 11 is 6.24. The van der Waals surface area contributed by atoms with Crippen LogP contribution in [-0.2, 0) is 6.42 Å². The number of pyridine rings is 1. The molecule has 1 aromatic heterocycles. The van der Waals surface area contributed by atoms with E-state index in [1.165, 1.54) is 18.2 Å². The van der Waals surface area contributed by atoms with Gasteiger partial charge in [0.1, 0.15) is 5.15 Å². The Kier molecular flexibility index (Phi) is 3.00. The van der Waals surface area contributed by atoms with E-state index in [9.17, 15) is 0 Å². The molecule has 1 aliphatic rings. The van der Waals surface area contributed by atoms with E-state index in [0.717, 1.165) is 24.0 Å². The molecule has 3 heteroatoms. The maximum absolute atomic E-state index is 6.24. The number of para-hydroxylation sites is 1. The van der Waals surface area contributed by atoms with E-state index in [0.29, 0.717) is 11.2 Å². The number of fused-ring (bicyclic) bond motifs is 1. The third-order valence-corrected chi connectivity index (χ3v) is 3.71. The molecule has 0 spiro atoms. The van der Waals surface area contributed by atoms with Crippen molar-refractivity contribution in [1.29, 1.82) is 0 Å². The van der Waals surface area contributed by atoms with Crippen molar-refractivity contribution >= 4 is 22.5 Å². The van der Waals surface area contributed by atoms with Crippen LogP contribution in [0.5, 0.6) is 0 Å². The zero-order chi connectivity index (χ0) is 11.7. The van der Waals surface area contributed by atoms with Crippen molar-refractivity contribution in [2.45, 2.75) is 25.3 Å². The van der Waals surface area contributed by atoms with Gasteiger partial charge in [-0.2, -0.15) is 0 Å². The lowest BCUT2D eigenvalue weighted by atomic mass is 10.0. The summed E-state index contributed by atoms with van der Waals surface area (Å²) in [6, 6.07) is 10.9. The van der Waals surface area contributed by atoms with E-state index < -0.39 is 0 Å². The van der Waals surface area contributed by atoms with Gasteiger partial charge in [0, 0.05) is 11.4 Å². The van der Waals surface area contributed by atoms with Gasteiger partial charge in [-0.1, -0.05) is 29.8 Å². The van der Waals surface area contributed by atoms with E-state index in [4.69, 9.17) is 11.6 Å². The Morgan fingerprint density at radius 1 is 1.35 bits per heavy atom. The molecule has 1 aromatic carbocycles. The number of aromatic nitrogens is 1. The van der Waals surface area contributed by atoms with Crippen LogP contribution in [0.1, 0.15) is 18.4 Å².